The van der Waals surface area contributed by atoms with Crippen LogP contribution in [-0.4, -0.2) is 26.9 Å². The molecule has 27 heavy (non-hydrogen) atoms. The van der Waals surface area contributed by atoms with Crippen LogP contribution in [-0.2, 0) is 12.7 Å². The van der Waals surface area contributed by atoms with Crippen molar-refractivity contribution in [3.05, 3.63) is 58.8 Å². The van der Waals surface area contributed by atoms with E-state index in [2.05, 4.69) is 20.4 Å². The molecule has 0 radical (unpaired) electrons. The highest BCUT2D eigenvalue weighted by Gasteiger charge is 2.34. The highest BCUT2D eigenvalue weighted by atomic mass is 35.5. The van der Waals surface area contributed by atoms with Crippen molar-refractivity contribution >= 4 is 17.4 Å². The Morgan fingerprint density at radius 2 is 1.93 bits per heavy atom. The summed E-state index contributed by atoms with van der Waals surface area (Å²) in [6.07, 6.45) is -3.02. The van der Waals surface area contributed by atoms with Crippen LogP contribution >= 0.6 is 11.6 Å². The van der Waals surface area contributed by atoms with Crippen LogP contribution in [0.25, 0.3) is 5.69 Å². The van der Waals surface area contributed by atoms with E-state index in [1.54, 1.807) is 31.2 Å². The van der Waals surface area contributed by atoms with Crippen molar-refractivity contribution in [2.45, 2.75) is 19.6 Å². The molecule has 10 heteroatoms. The Morgan fingerprint density at radius 3 is 2.52 bits per heavy atom. The molecule has 142 valence electrons. The molecule has 0 spiro atoms. The van der Waals surface area contributed by atoms with Gasteiger partial charge in [0.15, 0.2) is 17.3 Å². The minimum absolute atomic E-state index is 0.0864. The largest absolute Gasteiger partial charge is 0.491 e. The number of rotatable bonds is 5. The Bertz CT molecular complexity index is 941. The third kappa shape index (κ3) is 4.30. The van der Waals surface area contributed by atoms with E-state index in [0.29, 0.717) is 29.5 Å². The molecule has 0 bridgehead atoms. The molecule has 0 aliphatic rings. The van der Waals surface area contributed by atoms with Crippen LogP contribution in [0.3, 0.4) is 0 Å². The maximum Gasteiger partial charge on any atom is 0.435 e. The van der Waals surface area contributed by atoms with Gasteiger partial charge in [0.2, 0.25) is 5.28 Å². The fraction of sp³-hybridized carbons (Fsp3) is 0.235. The minimum atomic E-state index is -4.47. The van der Waals surface area contributed by atoms with Gasteiger partial charge in [-0.05, 0) is 42.3 Å². The molecule has 6 nitrogen and oxygen atoms in total. The molecule has 0 aliphatic heterocycles. The van der Waals surface area contributed by atoms with E-state index in [1.807, 2.05) is 0 Å². The van der Waals surface area contributed by atoms with E-state index in [9.17, 15) is 13.2 Å². The summed E-state index contributed by atoms with van der Waals surface area (Å²) in [7, 11) is 1.49. The van der Waals surface area contributed by atoms with Crippen molar-refractivity contribution in [1.29, 1.82) is 0 Å². The molecule has 1 aromatic carbocycles. The molecular formula is C17H15ClF3N5O. The van der Waals surface area contributed by atoms with Gasteiger partial charge in [-0.2, -0.15) is 23.3 Å². The van der Waals surface area contributed by atoms with Gasteiger partial charge in [0.1, 0.15) is 0 Å². The number of aromatic nitrogens is 4. The highest BCUT2D eigenvalue weighted by Crippen LogP contribution is 2.29. The first-order valence-corrected chi connectivity index (χ1v) is 8.19. The summed E-state index contributed by atoms with van der Waals surface area (Å²) < 4.78 is 44.8. The first-order chi connectivity index (χ1) is 12.8. The van der Waals surface area contributed by atoms with E-state index in [-0.39, 0.29) is 5.28 Å². The molecule has 1 N–H and O–H groups in total. The number of nitrogens with zero attached hydrogens (tertiary/aromatic N) is 4. The van der Waals surface area contributed by atoms with Crippen LogP contribution in [0.5, 0.6) is 5.75 Å². The van der Waals surface area contributed by atoms with Crippen LogP contribution in [0.15, 0.2) is 36.5 Å². The molecule has 0 saturated carbocycles. The molecule has 0 aliphatic carbocycles. The normalized spacial score (nSPS) is 11.5. The lowest BCUT2D eigenvalue weighted by Gasteiger charge is -2.10. The van der Waals surface area contributed by atoms with E-state index in [0.717, 1.165) is 11.6 Å². The van der Waals surface area contributed by atoms with Crippen LogP contribution in [0.1, 0.15) is 17.0 Å². The van der Waals surface area contributed by atoms with Gasteiger partial charge < -0.3 is 10.1 Å². The fourth-order valence-electron chi connectivity index (χ4n) is 2.44. The van der Waals surface area contributed by atoms with Crippen LogP contribution in [0.2, 0.25) is 5.28 Å². The van der Waals surface area contributed by atoms with Crippen molar-refractivity contribution < 1.29 is 17.9 Å². The van der Waals surface area contributed by atoms with Gasteiger partial charge in [0.05, 0.1) is 19.0 Å². The topological polar surface area (TPSA) is 64.9 Å². The molecular weight excluding hydrogens is 383 g/mol. The second-order valence-corrected chi connectivity index (χ2v) is 5.99. The van der Waals surface area contributed by atoms with Gasteiger partial charge >= 0.3 is 6.18 Å². The van der Waals surface area contributed by atoms with Gasteiger partial charge in [0.25, 0.3) is 0 Å². The summed E-state index contributed by atoms with van der Waals surface area (Å²) in [5.74, 6) is 0.891. The summed E-state index contributed by atoms with van der Waals surface area (Å²) in [6, 6.07) is 7.97. The average Bonchev–Trinajstić information content (AvgIpc) is 3.03. The summed E-state index contributed by atoms with van der Waals surface area (Å²) in [5.41, 5.74) is 0.901. The summed E-state index contributed by atoms with van der Waals surface area (Å²) in [6.45, 7) is 1.98. The smallest absolute Gasteiger partial charge is 0.435 e. The number of ether oxygens (including phenoxy) is 1. The molecule has 2 aromatic heterocycles. The summed E-state index contributed by atoms with van der Waals surface area (Å²) in [5, 5.41) is 6.81. The molecule has 0 saturated heterocycles. The molecule has 0 amide bonds. The van der Waals surface area contributed by atoms with Crippen molar-refractivity contribution in [2.24, 2.45) is 0 Å². The maximum atomic E-state index is 12.8. The van der Waals surface area contributed by atoms with Crippen molar-refractivity contribution in [1.82, 2.24) is 19.7 Å². The van der Waals surface area contributed by atoms with Crippen LogP contribution in [0, 0.1) is 6.92 Å². The maximum absolute atomic E-state index is 12.8. The third-order valence-electron chi connectivity index (χ3n) is 3.76. The molecule has 0 unspecified atom stereocenters. The predicted octanol–water partition coefficient (Wildman–Crippen LogP) is 4.26. The van der Waals surface area contributed by atoms with Crippen molar-refractivity contribution in [3.63, 3.8) is 0 Å². The fourth-order valence-corrected chi connectivity index (χ4v) is 2.57. The van der Waals surface area contributed by atoms with Gasteiger partial charge in [-0.3, -0.25) is 0 Å². The monoisotopic (exact) mass is 397 g/mol. The van der Waals surface area contributed by atoms with Crippen LogP contribution < -0.4 is 10.1 Å². The lowest BCUT2D eigenvalue weighted by molar-refractivity contribution is -0.141. The summed E-state index contributed by atoms with van der Waals surface area (Å²) >= 11 is 5.79. The van der Waals surface area contributed by atoms with Gasteiger partial charge in [-0.15, -0.1) is 0 Å². The van der Waals surface area contributed by atoms with Crippen LogP contribution in [0.4, 0.5) is 19.0 Å². The molecule has 0 atom stereocenters. The standard InChI is InChI=1S/C17H15ClF3N5O/c1-10-7-14(17(19,20)21)25-26(10)12-5-3-11(4-6-12)8-22-15-13(27-2)9-23-16(18)24-15/h3-7,9H,8H2,1-2H3,(H,22,23,24). The Morgan fingerprint density at radius 1 is 1.22 bits per heavy atom. The SMILES string of the molecule is COc1cnc(Cl)nc1NCc1ccc(-n2nc(C(F)(F)F)cc2C)cc1. The zero-order valence-corrected chi connectivity index (χ0v) is 15.1. The number of alkyl halides is 3. The van der Waals surface area contributed by atoms with Gasteiger partial charge in [-0.1, -0.05) is 12.1 Å². The first kappa shape index (κ1) is 19.0. The highest BCUT2D eigenvalue weighted by molar-refractivity contribution is 6.28. The van der Waals surface area contributed by atoms with E-state index < -0.39 is 11.9 Å². The Kier molecular flexibility index (Phi) is 5.22. The predicted molar refractivity (Wildman–Crippen MR) is 94.2 cm³/mol. The number of halogens is 4. The number of benzene rings is 1. The number of hydrogen-bond donors (Lipinski definition) is 1. The third-order valence-corrected chi connectivity index (χ3v) is 3.95. The number of anilines is 1. The number of aryl methyl sites for hydroxylation is 1. The molecule has 2 heterocycles. The van der Waals surface area contributed by atoms with Gasteiger partial charge in [0, 0.05) is 12.2 Å². The van der Waals surface area contributed by atoms with Crippen molar-refractivity contribution in [2.75, 3.05) is 12.4 Å². The summed E-state index contributed by atoms with van der Waals surface area (Å²) in [4.78, 5) is 7.90. The Balaban J connectivity index is 1.75. The second-order valence-electron chi connectivity index (χ2n) is 5.66. The number of nitrogens with one attached hydrogen (secondary N) is 1. The Labute approximate surface area is 158 Å². The van der Waals surface area contributed by atoms with E-state index >= 15 is 0 Å². The van der Waals surface area contributed by atoms with Gasteiger partial charge in [-0.25, -0.2) is 9.67 Å². The quantitative estimate of drug-likeness (QED) is 0.651. The van der Waals surface area contributed by atoms with E-state index in [4.69, 9.17) is 16.3 Å². The number of methoxy groups -OCH3 is 1. The zero-order chi connectivity index (χ0) is 19.6. The average molecular weight is 398 g/mol. The first-order valence-electron chi connectivity index (χ1n) is 7.81. The molecule has 3 aromatic rings. The second kappa shape index (κ2) is 7.43. The Hall–Kier alpha value is -2.81. The molecule has 3 rings (SSSR count). The number of hydrogen-bond acceptors (Lipinski definition) is 5. The van der Waals surface area contributed by atoms with Crippen molar-refractivity contribution in [3.8, 4) is 11.4 Å². The van der Waals surface area contributed by atoms with E-state index in [1.165, 1.54) is 18.0 Å². The molecule has 0 fully saturated rings. The lowest BCUT2D eigenvalue weighted by atomic mass is 10.2. The lowest BCUT2D eigenvalue weighted by Crippen LogP contribution is -2.07. The minimum Gasteiger partial charge on any atom is -0.491 e. The zero-order valence-electron chi connectivity index (χ0n) is 14.4.